The Balaban J connectivity index is 3.06. The summed E-state index contributed by atoms with van der Waals surface area (Å²) in [6, 6.07) is 2.59. The van der Waals surface area contributed by atoms with E-state index in [1.54, 1.807) is 13.8 Å². The minimum absolute atomic E-state index is 0.125. The van der Waals surface area contributed by atoms with Gasteiger partial charge >= 0.3 is 6.18 Å². The standard InChI is InChI=1S/C11H16F3N3O/c1-7(2)17(6-11(12,13)14)9-5-4-8(15)10(16-9)18-3/h4-5,7H,6,15H2,1-3H3. The third-order valence-corrected chi connectivity index (χ3v) is 2.34. The van der Waals surface area contributed by atoms with E-state index in [2.05, 4.69) is 4.98 Å². The molecule has 0 amide bonds. The smallest absolute Gasteiger partial charge is 0.405 e. The number of nitrogen functional groups attached to an aromatic ring is 1. The second-order valence-corrected chi connectivity index (χ2v) is 4.10. The summed E-state index contributed by atoms with van der Waals surface area (Å²) >= 11 is 0. The lowest BCUT2D eigenvalue weighted by atomic mass is 10.3. The van der Waals surface area contributed by atoms with Crippen molar-refractivity contribution in [2.45, 2.75) is 26.1 Å². The molecule has 0 spiro atoms. The van der Waals surface area contributed by atoms with Gasteiger partial charge in [0.15, 0.2) is 0 Å². The van der Waals surface area contributed by atoms with Crippen molar-refractivity contribution in [2.75, 3.05) is 24.3 Å². The summed E-state index contributed by atoms with van der Waals surface area (Å²) in [7, 11) is 1.37. The van der Waals surface area contributed by atoms with Crippen molar-refractivity contribution in [2.24, 2.45) is 0 Å². The molecule has 0 saturated heterocycles. The molecule has 0 aromatic carbocycles. The van der Waals surface area contributed by atoms with Crippen LogP contribution in [0.4, 0.5) is 24.7 Å². The largest absolute Gasteiger partial charge is 0.479 e. The first kappa shape index (κ1) is 14.4. The topological polar surface area (TPSA) is 51.4 Å². The molecule has 18 heavy (non-hydrogen) atoms. The van der Waals surface area contributed by atoms with Gasteiger partial charge in [-0.25, -0.2) is 0 Å². The summed E-state index contributed by atoms with van der Waals surface area (Å²) in [6.45, 7) is 2.26. The molecule has 1 heterocycles. The Morgan fingerprint density at radius 2 is 2.00 bits per heavy atom. The third-order valence-electron chi connectivity index (χ3n) is 2.34. The second-order valence-electron chi connectivity index (χ2n) is 4.10. The predicted molar refractivity (Wildman–Crippen MR) is 63.7 cm³/mol. The quantitative estimate of drug-likeness (QED) is 0.906. The lowest BCUT2D eigenvalue weighted by Crippen LogP contribution is -2.39. The van der Waals surface area contributed by atoms with Gasteiger partial charge in [-0.15, -0.1) is 0 Å². The predicted octanol–water partition coefficient (Wildman–Crippen LogP) is 2.45. The van der Waals surface area contributed by atoms with Gasteiger partial charge in [0.2, 0.25) is 5.88 Å². The van der Waals surface area contributed by atoms with E-state index < -0.39 is 12.7 Å². The number of aromatic nitrogens is 1. The molecule has 2 N–H and O–H groups in total. The Labute approximate surface area is 104 Å². The molecule has 7 heteroatoms. The SMILES string of the molecule is COc1nc(N(CC(F)(F)F)C(C)C)ccc1N. The first-order valence-corrected chi connectivity index (χ1v) is 5.38. The maximum Gasteiger partial charge on any atom is 0.405 e. The zero-order chi connectivity index (χ0) is 13.9. The first-order valence-electron chi connectivity index (χ1n) is 5.38. The summed E-state index contributed by atoms with van der Waals surface area (Å²) < 4.78 is 42.4. The monoisotopic (exact) mass is 263 g/mol. The van der Waals surface area contributed by atoms with E-state index in [0.29, 0.717) is 0 Å². The maximum absolute atomic E-state index is 12.5. The molecule has 0 saturated carbocycles. The normalized spacial score (nSPS) is 11.7. The van der Waals surface area contributed by atoms with Crippen molar-refractivity contribution in [1.82, 2.24) is 4.98 Å². The number of nitrogens with zero attached hydrogens (tertiary/aromatic N) is 2. The number of pyridine rings is 1. The Hall–Kier alpha value is -1.66. The van der Waals surface area contributed by atoms with Gasteiger partial charge in [-0.3, -0.25) is 0 Å². The molecular weight excluding hydrogens is 247 g/mol. The summed E-state index contributed by atoms with van der Waals surface area (Å²) in [4.78, 5) is 5.12. The van der Waals surface area contributed by atoms with Crippen LogP contribution in [0.25, 0.3) is 0 Å². The molecule has 1 aromatic heterocycles. The molecule has 1 rings (SSSR count). The van der Waals surface area contributed by atoms with Gasteiger partial charge in [-0.1, -0.05) is 0 Å². The Morgan fingerprint density at radius 1 is 1.39 bits per heavy atom. The van der Waals surface area contributed by atoms with E-state index in [1.807, 2.05) is 0 Å². The van der Waals surface area contributed by atoms with E-state index in [9.17, 15) is 13.2 Å². The van der Waals surface area contributed by atoms with E-state index in [0.717, 1.165) is 4.90 Å². The number of anilines is 2. The van der Waals surface area contributed by atoms with Gasteiger partial charge in [-0.2, -0.15) is 18.2 Å². The Kier molecular flexibility index (Phi) is 4.26. The summed E-state index contributed by atoms with van der Waals surface area (Å²) in [5.74, 6) is 0.314. The third kappa shape index (κ3) is 3.68. The number of hydrogen-bond donors (Lipinski definition) is 1. The molecule has 0 aliphatic rings. The molecule has 0 aliphatic heterocycles. The van der Waals surface area contributed by atoms with Crippen molar-refractivity contribution < 1.29 is 17.9 Å². The van der Waals surface area contributed by atoms with Gasteiger partial charge in [0, 0.05) is 6.04 Å². The van der Waals surface area contributed by atoms with Crippen LogP contribution >= 0.6 is 0 Å². The molecule has 1 aromatic rings. The van der Waals surface area contributed by atoms with Crippen molar-refractivity contribution in [3.8, 4) is 5.88 Å². The highest BCUT2D eigenvalue weighted by Crippen LogP contribution is 2.27. The number of nitrogens with two attached hydrogens (primary N) is 1. The zero-order valence-corrected chi connectivity index (χ0v) is 10.5. The van der Waals surface area contributed by atoms with Crippen LogP contribution in [0, 0.1) is 0 Å². The number of halogens is 3. The minimum atomic E-state index is -4.29. The average molecular weight is 263 g/mol. The summed E-state index contributed by atoms with van der Waals surface area (Å²) in [5, 5.41) is 0. The van der Waals surface area contributed by atoms with Crippen LogP contribution in [0.1, 0.15) is 13.8 Å². The van der Waals surface area contributed by atoms with Gasteiger partial charge in [0.05, 0.1) is 12.8 Å². The van der Waals surface area contributed by atoms with Crippen LogP contribution in [0.15, 0.2) is 12.1 Å². The zero-order valence-electron chi connectivity index (χ0n) is 10.5. The fourth-order valence-electron chi connectivity index (χ4n) is 1.49. The van der Waals surface area contributed by atoms with Gasteiger partial charge in [-0.05, 0) is 26.0 Å². The summed E-state index contributed by atoms with van der Waals surface area (Å²) in [6.07, 6.45) is -4.29. The first-order chi connectivity index (χ1) is 8.24. The van der Waals surface area contributed by atoms with Crippen LogP contribution in [0.5, 0.6) is 5.88 Å². The molecule has 4 nitrogen and oxygen atoms in total. The molecule has 102 valence electrons. The van der Waals surface area contributed by atoms with E-state index in [4.69, 9.17) is 10.5 Å². The molecule has 0 unspecified atom stereocenters. The van der Waals surface area contributed by atoms with E-state index in [1.165, 1.54) is 19.2 Å². The van der Waals surface area contributed by atoms with Gasteiger partial charge < -0.3 is 15.4 Å². The maximum atomic E-state index is 12.5. The molecule has 0 bridgehead atoms. The van der Waals surface area contributed by atoms with Gasteiger partial charge in [0.25, 0.3) is 0 Å². The van der Waals surface area contributed by atoms with Crippen LogP contribution in [-0.2, 0) is 0 Å². The highest BCUT2D eigenvalue weighted by molar-refractivity contribution is 5.54. The molecule has 0 aliphatic carbocycles. The lowest BCUT2D eigenvalue weighted by molar-refractivity contribution is -0.120. The minimum Gasteiger partial charge on any atom is -0.479 e. The lowest BCUT2D eigenvalue weighted by Gasteiger charge is -2.29. The Morgan fingerprint density at radius 3 is 2.44 bits per heavy atom. The Bertz CT molecular complexity index is 407. The highest BCUT2D eigenvalue weighted by Gasteiger charge is 2.32. The molecule has 0 atom stereocenters. The molecular formula is C11H16F3N3O. The van der Waals surface area contributed by atoms with Gasteiger partial charge in [0.1, 0.15) is 12.4 Å². The molecule has 0 fully saturated rings. The van der Waals surface area contributed by atoms with Crippen molar-refractivity contribution >= 4 is 11.5 Å². The van der Waals surface area contributed by atoms with Crippen LogP contribution in [-0.4, -0.2) is 30.9 Å². The average Bonchev–Trinajstić information content (AvgIpc) is 2.25. The van der Waals surface area contributed by atoms with Crippen LogP contribution in [0.2, 0.25) is 0 Å². The fraction of sp³-hybridized carbons (Fsp3) is 0.545. The summed E-state index contributed by atoms with van der Waals surface area (Å²) in [5.41, 5.74) is 5.86. The number of hydrogen-bond acceptors (Lipinski definition) is 4. The van der Waals surface area contributed by atoms with Crippen LogP contribution < -0.4 is 15.4 Å². The second kappa shape index (κ2) is 5.32. The van der Waals surface area contributed by atoms with Crippen LogP contribution in [0.3, 0.4) is 0 Å². The van der Waals surface area contributed by atoms with E-state index >= 15 is 0 Å². The van der Waals surface area contributed by atoms with E-state index in [-0.39, 0.29) is 23.4 Å². The highest BCUT2D eigenvalue weighted by atomic mass is 19.4. The molecule has 0 radical (unpaired) electrons. The number of rotatable bonds is 4. The number of methoxy groups -OCH3 is 1. The van der Waals surface area contributed by atoms with Crippen molar-refractivity contribution in [1.29, 1.82) is 0 Å². The van der Waals surface area contributed by atoms with Crippen molar-refractivity contribution in [3.63, 3.8) is 0 Å². The van der Waals surface area contributed by atoms with Crippen molar-refractivity contribution in [3.05, 3.63) is 12.1 Å². The number of ether oxygens (including phenoxy) is 1. The fourth-order valence-corrected chi connectivity index (χ4v) is 1.49. The number of alkyl halides is 3.